The lowest BCUT2D eigenvalue weighted by Crippen LogP contribution is -2.50. The molecule has 1 N–H and O–H groups in total. The minimum absolute atomic E-state index is 0.00310. The van der Waals surface area contributed by atoms with Crippen molar-refractivity contribution in [1.29, 1.82) is 0 Å². The predicted molar refractivity (Wildman–Crippen MR) is 108 cm³/mol. The second kappa shape index (κ2) is 7.43. The van der Waals surface area contributed by atoms with Crippen molar-refractivity contribution in [3.63, 3.8) is 0 Å². The fourth-order valence-electron chi connectivity index (χ4n) is 5.47. The van der Waals surface area contributed by atoms with Crippen LogP contribution in [-0.4, -0.2) is 73.9 Å². The Hall–Kier alpha value is -0.860. The van der Waals surface area contributed by atoms with Crippen LogP contribution in [0.1, 0.15) is 64.7 Å². The summed E-state index contributed by atoms with van der Waals surface area (Å²) in [5.41, 5.74) is -0.238. The molecule has 1 aliphatic heterocycles. The third-order valence-electron chi connectivity index (χ3n) is 7.53. The Morgan fingerprint density at radius 3 is 2.57 bits per heavy atom. The van der Waals surface area contributed by atoms with Gasteiger partial charge in [-0.15, -0.1) is 0 Å². The molecular weight excluding hydrogens is 378 g/mol. The minimum atomic E-state index is -3.34. The monoisotopic (exact) mass is 413 g/mol. The highest BCUT2D eigenvalue weighted by atomic mass is 32.2. The van der Waals surface area contributed by atoms with Crippen LogP contribution < -0.4 is 4.72 Å². The highest BCUT2D eigenvalue weighted by molar-refractivity contribution is 7.90. The van der Waals surface area contributed by atoms with Crippen molar-refractivity contribution >= 4 is 16.1 Å². The number of hydrogen-bond donors (Lipinski definition) is 1. The first-order valence-electron chi connectivity index (χ1n) is 10.8. The number of fused-ring (bicyclic) bond motifs is 1. The molecule has 3 saturated carbocycles. The molecule has 28 heavy (non-hydrogen) atoms. The molecule has 1 saturated heterocycles. The molecule has 8 heteroatoms. The molecule has 5 atom stereocenters. The van der Waals surface area contributed by atoms with Gasteiger partial charge in [0, 0.05) is 26.2 Å². The highest BCUT2D eigenvalue weighted by Gasteiger charge is 2.51. The number of carbonyl (C=O) groups is 1. The number of nitrogens with one attached hydrogen (secondary N) is 1. The van der Waals surface area contributed by atoms with Crippen molar-refractivity contribution in [2.24, 2.45) is 5.92 Å². The summed E-state index contributed by atoms with van der Waals surface area (Å²) in [7, 11) is 0.274. The number of ether oxygens (including phenoxy) is 1. The summed E-state index contributed by atoms with van der Waals surface area (Å²) < 4.78 is 34.1. The SMILES string of the molecule is COC1CCCC(CN2C(=O)N(C)C3CC(S(=O)(=O)NC4(C)CC4)CCC32)C1. The van der Waals surface area contributed by atoms with Gasteiger partial charge < -0.3 is 14.5 Å². The molecule has 4 rings (SSSR count). The Balaban J connectivity index is 1.42. The van der Waals surface area contributed by atoms with Crippen LogP contribution in [0.4, 0.5) is 4.79 Å². The van der Waals surface area contributed by atoms with Gasteiger partial charge in [-0.2, -0.15) is 0 Å². The summed E-state index contributed by atoms with van der Waals surface area (Å²) in [5.74, 6) is 0.479. The second-order valence-corrected chi connectivity index (χ2v) is 11.7. The van der Waals surface area contributed by atoms with Crippen LogP contribution in [0.25, 0.3) is 0 Å². The Kier molecular flexibility index (Phi) is 5.42. The molecule has 0 aromatic rings. The topological polar surface area (TPSA) is 79.0 Å². The van der Waals surface area contributed by atoms with Crippen molar-refractivity contribution in [3.05, 3.63) is 0 Å². The zero-order chi connectivity index (χ0) is 20.1. The van der Waals surface area contributed by atoms with Gasteiger partial charge in [-0.25, -0.2) is 17.9 Å². The Labute approximate surface area is 169 Å². The fourth-order valence-corrected chi connectivity index (χ4v) is 7.43. The van der Waals surface area contributed by atoms with Crippen LogP contribution in [0.3, 0.4) is 0 Å². The van der Waals surface area contributed by atoms with E-state index < -0.39 is 15.3 Å². The Morgan fingerprint density at radius 2 is 1.89 bits per heavy atom. The molecule has 0 aromatic carbocycles. The van der Waals surface area contributed by atoms with Gasteiger partial charge >= 0.3 is 6.03 Å². The minimum Gasteiger partial charge on any atom is -0.381 e. The van der Waals surface area contributed by atoms with E-state index in [1.165, 1.54) is 0 Å². The zero-order valence-electron chi connectivity index (χ0n) is 17.4. The van der Waals surface area contributed by atoms with Crippen LogP contribution >= 0.6 is 0 Å². The van der Waals surface area contributed by atoms with Crippen LogP contribution in [0.15, 0.2) is 0 Å². The molecular formula is C20H35N3O4S. The van der Waals surface area contributed by atoms with Crippen molar-refractivity contribution in [2.75, 3.05) is 20.7 Å². The van der Waals surface area contributed by atoms with E-state index in [-0.39, 0.29) is 23.7 Å². The number of methoxy groups -OCH3 is 1. The number of amides is 2. The molecule has 160 valence electrons. The molecule has 7 nitrogen and oxygen atoms in total. The summed E-state index contributed by atoms with van der Waals surface area (Å²) in [6.07, 6.45) is 8.51. The van der Waals surface area contributed by atoms with Crippen molar-refractivity contribution in [2.45, 2.75) is 93.7 Å². The predicted octanol–water partition coefficient (Wildman–Crippen LogP) is 2.32. The van der Waals surface area contributed by atoms with Gasteiger partial charge in [-0.05, 0) is 64.2 Å². The van der Waals surface area contributed by atoms with E-state index in [2.05, 4.69) is 4.72 Å². The second-order valence-electron chi connectivity index (χ2n) is 9.71. The number of nitrogens with zero attached hydrogens (tertiary/aromatic N) is 2. The van der Waals surface area contributed by atoms with Crippen LogP contribution in [0, 0.1) is 5.92 Å². The highest BCUT2D eigenvalue weighted by Crippen LogP contribution is 2.40. The standard InChI is InChI=1S/C20H35N3O4S/c1-20(9-10-20)21-28(25,26)16-7-8-17-18(12-16)22(2)19(24)23(17)13-14-5-4-6-15(11-14)27-3/h14-18,21H,4-13H2,1-3H3. The van der Waals surface area contributed by atoms with Gasteiger partial charge in [0.2, 0.25) is 10.0 Å². The first-order valence-corrected chi connectivity index (χ1v) is 12.4. The maximum absolute atomic E-state index is 12.9. The van der Waals surface area contributed by atoms with Gasteiger partial charge in [0.25, 0.3) is 0 Å². The lowest BCUT2D eigenvalue weighted by atomic mass is 9.85. The first-order chi connectivity index (χ1) is 13.2. The molecule has 4 fully saturated rings. The van der Waals surface area contributed by atoms with Crippen LogP contribution in [0.5, 0.6) is 0 Å². The van der Waals surface area contributed by atoms with Gasteiger partial charge in [0.05, 0.1) is 23.4 Å². The van der Waals surface area contributed by atoms with Crippen molar-refractivity contribution in [3.8, 4) is 0 Å². The van der Waals surface area contributed by atoms with E-state index in [1.807, 2.05) is 18.9 Å². The maximum Gasteiger partial charge on any atom is 0.320 e. The lowest BCUT2D eigenvalue weighted by Gasteiger charge is -2.37. The average Bonchev–Trinajstić information content (AvgIpc) is 3.34. The molecule has 0 radical (unpaired) electrons. The van der Waals surface area contributed by atoms with E-state index in [4.69, 9.17) is 4.74 Å². The number of hydrogen-bond acceptors (Lipinski definition) is 4. The summed E-state index contributed by atoms with van der Waals surface area (Å²) in [4.78, 5) is 16.8. The fraction of sp³-hybridized carbons (Fsp3) is 0.950. The summed E-state index contributed by atoms with van der Waals surface area (Å²) in [6.45, 7) is 2.75. The molecule has 0 spiro atoms. The molecule has 1 heterocycles. The number of urea groups is 1. The summed E-state index contributed by atoms with van der Waals surface area (Å²) in [6, 6.07) is 0.203. The first kappa shape index (κ1) is 20.4. The molecule has 4 aliphatic rings. The van der Waals surface area contributed by atoms with Gasteiger partial charge in [0.15, 0.2) is 0 Å². The maximum atomic E-state index is 12.9. The molecule has 2 amide bonds. The Bertz CT molecular complexity index is 708. The number of carbonyl (C=O) groups excluding carboxylic acids is 1. The van der Waals surface area contributed by atoms with Crippen molar-refractivity contribution in [1.82, 2.24) is 14.5 Å². The average molecular weight is 414 g/mol. The summed E-state index contributed by atoms with van der Waals surface area (Å²) in [5, 5.41) is -0.395. The molecule has 3 aliphatic carbocycles. The third-order valence-corrected chi connectivity index (χ3v) is 9.61. The number of sulfonamides is 1. The normalized spacial score (nSPS) is 37.8. The van der Waals surface area contributed by atoms with Crippen LogP contribution in [0.2, 0.25) is 0 Å². The zero-order valence-corrected chi connectivity index (χ0v) is 18.2. The number of rotatable bonds is 6. The van der Waals surface area contributed by atoms with Crippen LogP contribution in [-0.2, 0) is 14.8 Å². The largest absolute Gasteiger partial charge is 0.381 e. The van der Waals surface area contributed by atoms with Gasteiger partial charge in [0.1, 0.15) is 0 Å². The lowest BCUT2D eigenvalue weighted by molar-refractivity contribution is 0.0419. The van der Waals surface area contributed by atoms with Gasteiger partial charge in [-0.1, -0.05) is 6.42 Å². The number of likely N-dealkylation sites (N-methyl/N-ethyl adjacent to an activating group) is 1. The summed E-state index contributed by atoms with van der Waals surface area (Å²) >= 11 is 0. The van der Waals surface area contributed by atoms with E-state index >= 15 is 0 Å². The van der Waals surface area contributed by atoms with E-state index in [9.17, 15) is 13.2 Å². The molecule has 0 aromatic heterocycles. The molecule has 5 unspecified atom stereocenters. The third kappa shape index (κ3) is 3.92. The van der Waals surface area contributed by atoms with E-state index in [0.29, 0.717) is 24.9 Å². The molecule has 0 bridgehead atoms. The van der Waals surface area contributed by atoms with E-state index in [1.54, 1.807) is 12.0 Å². The van der Waals surface area contributed by atoms with Crippen molar-refractivity contribution < 1.29 is 17.9 Å². The van der Waals surface area contributed by atoms with Gasteiger partial charge in [-0.3, -0.25) is 0 Å². The smallest absolute Gasteiger partial charge is 0.320 e. The Morgan fingerprint density at radius 1 is 1.14 bits per heavy atom. The quantitative estimate of drug-likeness (QED) is 0.725. The van der Waals surface area contributed by atoms with E-state index in [0.717, 1.165) is 51.5 Å².